The van der Waals surface area contributed by atoms with Gasteiger partial charge in [-0.2, -0.15) is 0 Å². The number of halogens is 1. The summed E-state index contributed by atoms with van der Waals surface area (Å²) in [6.45, 7) is 6.57. The minimum Gasteiger partial charge on any atom is -0.348 e. The van der Waals surface area contributed by atoms with E-state index in [1.54, 1.807) is 11.3 Å². The first-order valence-corrected chi connectivity index (χ1v) is 7.12. The summed E-state index contributed by atoms with van der Waals surface area (Å²) >= 11 is 7.50. The first-order chi connectivity index (χ1) is 7.79. The van der Waals surface area contributed by atoms with Crippen LogP contribution < -0.4 is 10.2 Å². The lowest BCUT2D eigenvalue weighted by Gasteiger charge is -2.29. The van der Waals surface area contributed by atoms with E-state index >= 15 is 0 Å². The summed E-state index contributed by atoms with van der Waals surface area (Å²) in [6, 6.07) is 0. The molecule has 90 valence electrons. The van der Waals surface area contributed by atoms with Crippen LogP contribution in [-0.4, -0.2) is 31.2 Å². The second kappa shape index (κ2) is 5.84. The summed E-state index contributed by atoms with van der Waals surface area (Å²) in [5.41, 5.74) is 0. The maximum atomic E-state index is 5.86. The summed E-state index contributed by atoms with van der Waals surface area (Å²) in [6.07, 6.45) is 2.61. The molecule has 0 aliphatic carbocycles. The van der Waals surface area contributed by atoms with Crippen molar-refractivity contribution in [3.63, 3.8) is 0 Å². The molecule has 1 aliphatic rings. The van der Waals surface area contributed by atoms with Gasteiger partial charge in [0.1, 0.15) is 5.15 Å². The summed E-state index contributed by atoms with van der Waals surface area (Å²) in [5, 5.41) is 7.02. The van der Waals surface area contributed by atoms with Gasteiger partial charge in [0.15, 0.2) is 5.13 Å². The number of nitrogens with one attached hydrogen (secondary N) is 1. The number of anilines is 1. The molecule has 1 unspecified atom stereocenters. The lowest BCUT2D eigenvalue weighted by Crippen LogP contribution is -2.38. The van der Waals surface area contributed by atoms with Crippen molar-refractivity contribution in [1.82, 2.24) is 10.3 Å². The molecule has 1 aromatic rings. The van der Waals surface area contributed by atoms with E-state index < -0.39 is 0 Å². The topological polar surface area (TPSA) is 28.2 Å². The average Bonchev–Trinajstić information content (AvgIpc) is 2.74. The zero-order chi connectivity index (χ0) is 11.4. The third kappa shape index (κ3) is 3.09. The standard InChI is InChI=1S/C11H18ClN3S/c1-2-15(11-14-10(12)8-16-11)7-9-4-3-5-13-6-9/h8-9,13H,2-7H2,1H3. The quantitative estimate of drug-likeness (QED) is 0.901. The molecule has 1 aromatic heterocycles. The smallest absolute Gasteiger partial charge is 0.186 e. The molecule has 1 N–H and O–H groups in total. The number of hydrogen-bond acceptors (Lipinski definition) is 4. The van der Waals surface area contributed by atoms with Gasteiger partial charge in [-0.25, -0.2) is 4.98 Å². The predicted molar refractivity (Wildman–Crippen MR) is 70.6 cm³/mol. The minimum atomic E-state index is 0.611. The SMILES string of the molecule is CCN(CC1CCCNC1)c1nc(Cl)cs1. The number of piperidine rings is 1. The second-order valence-corrected chi connectivity index (χ2v) is 5.43. The molecule has 2 heterocycles. The monoisotopic (exact) mass is 259 g/mol. The maximum Gasteiger partial charge on any atom is 0.186 e. The highest BCUT2D eigenvalue weighted by molar-refractivity contribution is 7.14. The average molecular weight is 260 g/mol. The Bertz CT molecular complexity index is 323. The molecule has 0 saturated carbocycles. The Hall–Kier alpha value is -0.320. The van der Waals surface area contributed by atoms with Crippen molar-refractivity contribution in [3.05, 3.63) is 10.5 Å². The van der Waals surface area contributed by atoms with E-state index in [1.165, 1.54) is 19.4 Å². The number of hydrogen-bond donors (Lipinski definition) is 1. The molecule has 0 bridgehead atoms. The van der Waals surface area contributed by atoms with E-state index in [0.717, 1.165) is 30.7 Å². The molecule has 3 nitrogen and oxygen atoms in total. The van der Waals surface area contributed by atoms with Gasteiger partial charge in [0, 0.05) is 18.5 Å². The number of rotatable bonds is 4. The molecule has 1 aliphatic heterocycles. The highest BCUT2D eigenvalue weighted by atomic mass is 35.5. The molecule has 0 aromatic carbocycles. The Morgan fingerprint density at radius 2 is 2.56 bits per heavy atom. The van der Waals surface area contributed by atoms with Crippen molar-refractivity contribution in [2.45, 2.75) is 19.8 Å². The maximum absolute atomic E-state index is 5.86. The molecule has 0 amide bonds. The van der Waals surface area contributed by atoms with Gasteiger partial charge in [-0.05, 0) is 38.8 Å². The summed E-state index contributed by atoms with van der Waals surface area (Å²) in [5.74, 6) is 0.747. The van der Waals surface area contributed by atoms with Crippen LogP contribution in [0.15, 0.2) is 5.38 Å². The summed E-state index contributed by atoms with van der Waals surface area (Å²) in [7, 11) is 0. The third-order valence-electron chi connectivity index (χ3n) is 2.99. The van der Waals surface area contributed by atoms with E-state index in [0.29, 0.717) is 5.15 Å². The van der Waals surface area contributed by atoms with Crippen molar-refractivity contribution < 1.29 is 0 Å². The molecule has 0 spiro atoms. The fraction of sp³-hybridized carbons (Fsp3) is 0.727. The highest BCUT2D eigenvalue weighted by Crippen LogP contribution is 2.24. The van der Waals surface area contributed by atoms with Gasteiger partial charge in [-0.15, -0.1) is 11.3 Å². The normalized spacial score (nSPS) is 21.0. The molecular formula is C11H18ClN3S. The van der Waals surface area contributed by atoms with Crippen molar-refractivity contribution in [2.24, 2.45) is 5.92 Å². The second-order valence-electron chi connectivity index (χ2n) is 4.20. The van der Waals surface area contributed by atoms with Crippen LogP contribution in [0.25, 0.3) is 0 Å². The van der Waals surface area contributed by atoms with Crippen LogP contribution >= 0.6 is 22.9 Å². The third-order valence-corrected chi connectivity index (χ3v) is 4.22. The highest BCUT2D eigenvalue weighted by Gasteiger charge is 2.18. The van der Waals surface area contributed by atoms with Crippen LogP contribution in [0.4, 0.5) is 5.13 Å². The van der Waals surface area contributed by atoms with Crippen molar-refractivity contribution in [1.29, 1.82) is 0 Å². The van der Waals surface area contributed by atoms with Crippen LogP contribution in [0, 0.1) is 5.92 Å². The fourth-order valence-electron chi connectivity index (χ4n) is 2.12. The van der Waals surface area contributed by atoms with Crippen molar-refractivity contribution in [2.75, 3.05) is 31.1 Å². The molecule has 5 heteroatoms. The van der Waals surface area contributed by atoms with Gasteiger partial charge in [0.05, 0.1) is 0 Å². The molecule has 1 fully saturated rings. The van der Waals surface area contributed by atoms with Gasteiger partial charge in [0.25, 0.3) is 0 Å². The van der Waals surface area contributed by atoms with E-state index in [9.17, 15) is 0 Å². The van der Waals surface area contributed by atoms with Gasteiger partial charge in [-0.1, -0.05) is 11.6 Å². The molecule has 1 atom stereocenters. The zero-order valence-corrected chi connectivity index (χ0v) is 11.2. The molecular weight excluding hydrogens is 242 g/mol. The summed E-state index contributed by atoms with van der Waals surface area (Å²) in [4.78, 5) is 6.66. The largest absolute Gasteiger partial charge is 0.348 e. The lowest BCUT2D eigenvalue weighted by atomic mass is 9.99. The fourth-order valence-corrected chi connectivity index (χ4v) is 3.15. The minimum absolute atomic E-state index is 0.611. The Labute approximate surface area is 106 Å². The lowest BCUT2D eigenvalue weighted by molar-refractivity contribution is 0.378. The Balaban J connectivity index is 1.94. The van der Waals surface area contributed by atoms with E-state index in [4.69, 9.17) is 11.6 Å². The molecule has 1 saturated heterocycles. The molecule has 0 radical (unpaired) electrons. The zero-order valence-electron chi connectivity index (χ0n) is 9.58. The molecule has 2 rings (SSSR count). The van der Waals surface area contributed by atoms with Gasteiger partial charge < -0.3 is 10.2 Å². The van der Waals surface area contributed by atoms with Gasteiger partial charge >= 0.3 is 0 Å². The summed E-state index contributed by atoms with van der Waals surface area (Å²) < 4.78 is 0. The van der Waals surface area contributed by atoms with E-state index in [2.05, 4.69) is 22.1 Å². The predicted octanol–water partition coefficient (Wildman–Crippen LogP) is 2.62. The van der Waals surface area contributed by atoms with Crippen LogP contribution in [0.2, 0.25) is 5.15 Å². The number of aromatic nitrogens is 1. The van der Waals surface area contributed by atoms with E-state index in [1.807, 2.05) is 5.38 Å². The first-order valence-electron chi connectivity index (χ1n) is 5.86. The Morgan fingerprint density at radius 1 is 1.69 bits per heavy atom. The van der Waals surface area contributed by atoms with Crippen molar-refractivity contribution >= 4 is 28.1 Å². The van der Waals surface area contributed by atoms with Gasteiger partial charge in [-0.3, -0.25) is 0 Å². The van der Waals surface area contributed by atoms with E-state index in [-0.39, 0.29) is 0 Å². The van der Waals surface area contributed by atoms with Crippen LogP contribution in [-0.2, 0) is 0 Å². The Kier molecular flexibility index (Phi) is 4.44. The Morgan fingerprint density at radius 3 is 3.12 bits per heavy atom. The van der Waals surface area contributed by atoms with Crippen LogP contribution in [0.5, 0.6) is 0 Å². The first kappa shape index (κ1) is 12.1. The molecule has 16 heavy (non-hydrogen) atoms. The van der Waals surface area contributed by atoms with Crippen LogP contribution in [0.1, 0.15) is 19.8 Å². The van der Waals surface area contributed by atoms with Crippen molar-refractivity contribution in [3.8, 4) is 0 Å². The number of nitrogens with zero attached hydrogens (tertiary/aromatic N) is 2. The van der Waals surface area contributed by atoms with Gasteiger partial charge in [0.2, 0.25) is 0 Å². The number of thiazole rings is 1. The van der Waals surface area contributed by atoms with Crippen LogP contribution in [0.3, 0.4) is 0 Å².